The van der Waals surface area contributed by atoms with E-state index in [1.807, 2.05) is 30.3 Å². The number of ether oxygens (including phenoxy) is 1. The monoisotopic (exact) mass is 506 g/mol. The van der Waals surface area contributed by atoms with Crippen molar-refractivity contribution < 1.29 is 18.6 Å². The zero-order valence-electron chi connectivity index (χ0n) is 16.9. The number of aromatic amines is 1. The highest BCUT2D eigenvalue weighted by atomic mass is 79.9. The first-order valence-electron chi connectivity index (χ1n) is 9.80. The smallest absolute Gasteiger partial charge is 0.439 e. The van der Waals surface area contributed by atoms with Crippen molar-refractivity contribution >= 4 is 38.5 Å². The molecule has 9 nitrogen and oxygen atoms in total. The Morgan fingerprint density at radius 1 is 1.03 bits per heavy atom. The third kappa shape index (κ3) is 4.41. The van der Waals surface area contributed by atoms with Gasteiger partial charge in [-0.25, -0.2) is 4.79 Å². The number of nitrogens with one attached hydrogen (secondary N) is 2. The summed E-state index contributed by atoms with van der Waals surface area (Å²) in [6.45, 7) is 0.407. The Kier molecular flexibility index (Phi) is 5.49. The molecule has 3 aromatic carbocycles. The van der Waals surface area contributed by atoms with Crippen LogP contribution in [0.3, 0.4) is 0 Å². The Labute approximate surface area is 194 Å². The number of H-pyrrole nitrogens is 1. The summed E-state index contributed by atoms with van der Waals surface area (Å²) in [6.07, 6.45) is 0. The van der Waals surface area contributed by atoms with Crippen LogP contribution in [0.15, 0.2) is 85.0 Å². The lowest BCUT2D eigenvalue weighted by Crippen LogP contribution is -2.13. The van der Waals surface area contributed by atoms with E-state index in [1.54, 1.807) is 36.4 Å². The first-order chi connectivity index (χ1) is 16.1. The summed E-state index contributed by atoms with van der Waals surface area (Å²) in [6, 6.07) is 20.0. The molecule has 2 N–H and O–H groups in total. The summed E-state index contributed by atoms with van der Waals surface area (Å²) in [5, 5.41) is 10.9. The fourth-order valence-electron chi connectivity index (χ4n) is 3.26. The minimum atomic E-state index is -0.699. The minimum Gasteiger partial charge on any atom is -0.489 e. The van der Waals surface area contributed by atoms with E-state index >= 15 is 0 Å². The quantitative estimate of drug-likeness (QED) is 0.340. The molecule has 0 saturated carbocycles. The Balaban J connectivity index is 1.38. The topological polar surface area (TPSA) is 123 Å². The molecule has 0 fully saturated rings. The molecule has 10 heteroatoms. The van der Waals surface area contributed by atoms with Crippen LogP contribution in [0.2, 0.25) is 0 Å². The number of hydrogen-bond acceptors (Lipinski definition) is 7. The van der Waals surface area contributed by atoms with Gasteiger partial charge in [0.05, 0.1) is 11.1 Å². The van der Waals surface area contributed by atoms with Crippen LogP contribution in [-0.4, -0.2) is 21.2 Å². The van der Waals surface area contributed by atoms with E-state index < -0.39 is 11.7 Å². The molecule has 0 saturated heterocycles. The van der Waals surface area contributed by atoms with Gasteiger partial charge in [0, 0.05) is 16.1 Å². The lowest BCUT2D eigenvalue weighted by atomic mass is 10.1. The maximum atomic E-state index is 13.0. The van der Waals surface area contributed by atoms with Crippen molar-refractivity contribution in [2.45, 2.75) is 6.61 Å². The number of benzene rings is 3. The predicted octanol–water partition coefficient (Wildman–Crippen LogP) is 4.76. The van der Waals surface area contributed by atoms with Crippen molar-refractivity contribution in [1.29, 1.82) is 0 Å². The van der Waals surface area contributed by atoms with Crippen LogP contribution < -0.4 is 15.8 Å². The summed E-state index contributed by atoms with van der Waals surface area (Å²) >= 11 is 3.37. The number of hydrogen-bond donors (Lipinski definition) is 2. The third-order valence-electron chi connectivity index (χ3n) is 4.83. The minimum absolute atomic E-state index is 0.113. The van der Waals surface area contributed by atoms with Crippen molar-refractivity contribution in [3.63, 3.8) is 0 Å². The van der Waals surface area contributed by atoms with Crippen molar-refractivity contribution in [2.24, 2.45) is 0 Å². The normalized spacial score (nSPS) is 10.9. The molecule has 1 amide bonds. The highest BCUT2D eigenvalue weighted by Gasteiger charge is 2.19. The Bertz CT molecular complexity index is 1510. The lowest BCUT2D eigenvalue weighted by Gasteiger charge is -2.09. The number of anilines is 1. The van der Waals surface area contributed by atoms with Crippen LogP contribution in [0, 0.1) is 0 Å². The maximum Gasteiger partial charge on any atom is 0.439 e. The van der Waals surface area contributed by atoms with E-state index in [0.717, 1.165) is 10.0 Å². The van der Waals surface area contributed by atoms with Gasteiger partial charge in [0.15, 0.2) is 17.1 Å². The zero-order chi connectivity index (χ0) is 22.8. The molecule has 0 aliphatic carbocycles. The molecule has 2 heterocycles. The summed E-state index contributed by atoms with van der Waals surface area (Å²) in [7, 11) is 0. The largest absolute Gasteiger partial charge is 0.489 e. The summed E-state index contributed by atoms with van der Waals surface area (Å²) in [5.74, 6) is -0.405. The molecule has 0 unspecified atom stereocenters. The van der Waals surface area contributed by atoms with Gasteiger partial charge < -0.3 is 14.6 Å². The second-order valence-corrected chi connectivity index (χ2v) is 7.97. The Morgan fingerprint density at radius 2 is 1.88 bits per heavy atom. The molecule has 0 aliphatic heterocycles. The molecule has 2 aromatic heterocycles. The number of carbonyl (C=O) groups excluding carboxylic acids is 1. The van der Waals surface area contributed by atoms with Crippen molar-refractivity contribution in [2.75, 3.05) is 5.32 Å². The lowest BCUT2D eigenvalue weighted by molar-refractivity contribution is 0.102. The van der Waals surface area contributed by atoms with E-state index in [9.17, 15) is 9.59 Å². The average molecular weight is 507 g/mol. The van der Waals surface area contributed by atoms with E-state index in [0.29, 0.717) is 34.6 Å². The Hall–Kier alpha value is -4.18. The third-order valence-corrected chi connectivity index (χ3v) is 5.33. The summed E-state index contributed by atoms with van der Waals surface area (Å²) < 4.78 is 16.5. The fourth-order valence-corrected chi connectivity index (χ4v) is 3.62. The summed E-state index contributed by atoms with van der Waals surface area (Å²) in [5.41, 5.74) is 2.44. The molecule has 33 heavy (non-hydrogen) atoms. The highest BCUT2D eigenvalue weighted by Crippen LogP contribution is 2.30. The van der Waals surface area contributed by atoms with Crippen molar-refractivity contribution in [3.8, 4) is 17.1 Å². The SMILES string of the molecule is O=C(Nc1ccc(Br)cc1-c1noc(=O)[nH]1)c1noc2cc(OCc3ccccc3)ccc12. The second kappa shape index (κ2) is 8.75. The predicted molar refractivity (Wildman–Crippen MR) is 123 cm³/mol. The van der Waals surface area contributed by atoms with Crippen molar-refractivity contribution in [3.05, 3.63) is 93.0 Å². The van der Waals surface area contributed by atoms with Gasteiger partial charge in [-0.3, -0.25) is 14.3 Å². The molecule has 0 radical (unpaired) electrons. The first-order valence-corrected chi connectivity index (χ1v) is 10.6. The van der Waals surface area contributed by atoms with Gasteiger partial charge in [-0.1, -0.05) is 56.6 Å². The van der Waals surface area contributed by atoms with E-state index in [4.69, 9.17) is 9.26 Å². The second-order valence-electron chi connectivity index (χ2n) is 7.05. The summed E-state index contributed by atoms with van der Waals surface area (Å²) in [4.78, 5) is 26.8. The molecule has 5 rings (SSSR count). The van der Waals surface area contributed by atoms with Gasteiger partial charge in [0.25, 0.3) is 5.91 Å². The molecule has 5 aromatic rings. The molecular weight excluding hydrogens is 492 g/mol. The number of carbonyl (C=O) groups is 1. The van der Waals surface area contributed by atoms with Gasteiger partial charge in [-0.2, -0.15) is 0 Å². The number of halogens is 1. The number of rotatable bonds is 6. The first kappa shape index (κ1) is 20.7. The number of aromatic nitrogens is 3. The molecule has 0 spiro atoms. The maximum absolute atomic E-state index is 13.0. The van der Waals surface area contributed by atoms with E-state index in [1.165, 1.54) is 0 Å². The zero-order valence-corrected chi connectivity index (χ0v) is 18.5. The number of amides is 1. The van der Waals surface area contributed by atoms with Crippen LogP contribution in [0.5, 0.6) is 5.75 Å². The van der Waals surface area contributed by atoms with Gasteiger partial charge in [0.1, 0.15) is 12.4 Å². The molecule has 164 valence electrons. The van der Waals surface area contributed by atoms with Crippen LogP contribution >= 0.6 is 15.9 Å². The van der Waals surface area contributed by atoms with E-state index in [2.05, 4.69) is 41.1 Å². The van der Waals surface area contributed by atoms with Gasteiger partial charge in [0.2, 0.25) is 0 Å². The molecule has 0 aliphatic rings. The highest BCUT2D eigenvalue weighted by molar-refractivity contribution is 9.10. The number of fused-ring (bicyclic) bond motifs is 1. The molecule has 0 atom stereocenters. The molecule has 0 bridgehead atoms. The van der Waals surface area contributed by atoms with Crippen LogP contribution in [-0.2, 0) is 6.61 Å². The molecular formula is C23H15BrN4O5. The van der Waals surface area contributed by atoms with Gasteiger partial charge >= 0.3 is 5.76 Å². The van der Waals surface area contributed by atoms with Crippen LogP contribution in [0.4, 0.5) is 5.69 Å². The van der Waals surface area contributed by atoms with Crippen molar-refractivity contribution in [1.82, 2.24) is 15.3 Å². The number of nitrogens with zero attached hydrogens (tertiary/aromatic N) is 2. The fraction of sp³-hybridized carbons (Fsp3) is 0.0435. The standard InChI is InChI=1S/C23H15BrN4O5/c24-14-6-9-18(17(10-14)21-26-23(30)33-28-21)25-22(29)20-16-8-7-15(11-19(16)32-27-20)31-12-13-4-2-1-3-5-13/h1-11H,12H2,(H,25,29)(H,26,28,30). The van der Waals surface area contributed by atoms with Gasteiger partial charge in [-0.05, 0) is 35.9 Å². The average Bonchev–Trinajstić information content (AvgIpc) is 3.45. The van der Waals surface area contributed by atoms with Crippen LogP contribution in [0.1, 0.15) is 16.1 Å². The van der Waals surface area contributed by atoms with Crippen LogP contribution in [0.25, 0.3) is 22.4 Å². The van der Waals surface area contributed by atoms with E-state index in [-0.39, 0.29) is 11.5 Å². The Morgan fingerprint density at radius 3 is 2.67 bits per heavy atom. The van der Waals surface area contributed by atoms with Gasteiger partial charge in [-0.15, -0.1) is 0 Å².